The van der Waals surface area contributed by atoms with Gasteiger partial charge in [0.05, 0.1) is 0 Å². The Kier molecular flexibility index (Phi) is 2.86. The fourth-order valence-electron chi connectivity index (χ4n) is 2.95. The zero-order valence-electron chi connectivity index (χ0n) is 12.0. The van der Waals surface area contributed by atoms with Gasteiger partial charge >= 0.3 is 0 Å². The van der Waals surface area contributed by atoms with Crippen LogP contribution < -0.4 is 0 Å². The molecular weight excluding hydrogens is 206 g/mol. The third-order valence-electron chi connectivity index (χ3n) is 3.68. The molecule has 0 spiro atoms. The minimum Gasteiger partial charge on any atom is -0.287 e. The Labute approximate surface area is 106 Å². The Morgan fingerprint density at radius 3 is 2.12 bits per heavy atom. The van der Waals surface area contributed by atoms with E-state index in [4.69, 9.17) is 0 Å². The molecule has 0 aromatic heterocycles. The lowest BCUT2D eigenvalue weighted by atomic mass is 9.81. The lowest BCUT2D eigenvalue weighted by Gasteiger charge is -2.43. The van der Waals surface area contributed by atoms with Gasteiger partial charge in [0.25, 0.3) is 0 Å². The van der Waals surface area contributed by atoms with E-state index in [-0.39, 0.29) is 11.0 Å². The summed E-state index contributed by atoms with van der Waals surface area (Å²) in [5.74, 6) is 0. The second-order valence-electron chi connectivity index (χ2n) is 7.27. The van der Waals surface area contributed by atoms with Gasteiger partial charge in [-0.2, -0.15) is 0 Å². The quantitative estimate of drug-likeness (QED) is 0.640. The molecule has 0 amide bonds. The summed E-state index contributed by atoms with van der Waals surface area (Å²) >= 11 is 0. The molecule has 0 radical (unpaired) electrons. The van der Waals surface area contributed by atoms with Gasteiger partial charge in [0.1, 0.15) is 0 Å². The van der Waals surface area contributed by atoms with Crippen LogP contribution in [0.2, 0.25) is 0 Å². The van der Waals surface area contributed by atoms with E-state index in [9.17, 15) is 0 Å². The average molecular weight is 231 g/mol. The smallest absolute Gasteiger partial charge is 0.0408 e. The van der Waals surface area contributed by atoms with E-state index in [1.54, 1.807) is 0 Å². The fraction of sp³-hybridized carbons (Fsp3) is 0.625. The molecule has 1 aromatic rings. The molecule has 94 valence electrons. The molecule has 0 fully saturated rings. The number of hydrogen-bond acceptors (Lipinski definition) is 1. The van der Waals surface area contributed by atoms with Crippen molar-refractivity contribution in [1.82, 2.24) is 4.90 Å². The van der Waals surface area contributed by atoms with Crippen molar-refractivity contribution in [2.75, 3.05) is 0 Å². The van der Waals surface area contributed by atoms with E-state index >= 15 is 0 Å². The predicted molar refractivity (Wildman–Crippen MR) is 73.9 cm³/mol. The van der Waals surface area contributed by atoms with E-state index < -0.39 is 0 Å². The molecule has 1 nitrogen and oxygen atoms in total. The number of nitrogens with zero attached hydrogens (tertiary/aromatic N) is 1. The van der Waals surface area contributed by atoms with Gasteiger partial charge in [0.2, 0.25) is 0 Å². The third-order valence-corrected chi connectivity index (χ3v) is 3.68. The van der Waals surface area contributed by atoms with Crippen molar-refractivity contribution >= 4 is 0 Å². The minimum atomic E-state index is 0.219. The molecule has 0 saturated carbocycles. The maximum Gasteiger partial charge on any atom is 0.0408 e. The molecular formula is C16H25N. The first-order valence-electron chi connectivity index (χ1n) is 6.56. The predicted octanol–water partition coefficient (Wildman–Crippen LogP) is 4.39. The molecule has 0 aliphatic carbocycles. The molecule has 0 unspecified atom stereocenters. The van der Waals surface area contributed by atoms with Gasteiger partial charge in [-0.05, 0) is 37.3 Å². The molecule has 1 atom stereocenters. The first-order valence-corrected chi connectivity index (χ1v) is 6.56. The van der Waals surface area contributed by atoms with Crippen LogP contribution in [0.1, 0.15) is 58.7 Å². The zero-order chi connectivity index (χ0) is 12.8. The van der Waals surface area contributed by atoms with Gasteiger partial charge in [0.15, 0.2) is 0 Å². The van der Waals surface area contributed by atoms with Gasteiger partial charge < -0.3 is 0 Å². The van der Waals surface area contributed by atoms with Crippen LogP contribution in [0.5, 0.6) is 0 Å². The van der Waals surface area contributed by atoms with Gasteiger partial charge in [-0.25, -0.2) is 0 Å². The largest absolute Gasteiger partial charge is 0.287 e. The van der Waals surface area contributed by atoms with Gasteiger partial charge in [-0.1, -0.05) is 45.0 Å². The maximum absolute atomic E-state index is 2.64. The maximum atomic E-state index is 2.64. The lowest BCUT2D eigenvalue weighted by Crippen LogP contribution is -2.44. The number of fused-ring (bicyclic) bond motifs is 1. The molecule has 1 aromatic carbocycles. The highest BCUT2D eigenvalue weighted by Gasteiger charge is 2.42. The first-order chi connectivity index (χ1) is 7.71. The molecule has 0 saturated heterocycles. The molecule has 1 heteroatoms. The van der Waals surface area contributed by atoms with Crippen molar-refractivity contribution in [2.24, 2.45) is 5.41 Å². The zero-order valence-corrected chi connectivity index (χ0v) is 12.0. The second-order valence-corrected chi connectivity index (χ2v) is 7.27. The molecule has 1 aliphatic heterocycles. The monoisotopic (exact) mass is 231 g/mol. The summed E-state index contributed by atoms with van der Waals surface area (Å²) in [7, 11) is 0. The molecule has 2 rings (SSSR count). The lowest BCUT2D eigenvalue weighted by molar-refractivity contribution is 0.0308. The normalized spacial score (nSPS) is 21.6. The van der Waals surface area contributed by atoms with Crippen LogP contribution in [0.25, 0.3) is 0 Å². The van der Waals surface area contributed by atoms with Crippen molar-refractivity contribution in [3.05, 3.63) is 35.4 Å². The molecule has 0 N–H and O–H groups in total. The molecule has 1 aliphatic rings. The van der Waals surface area contributed by atoms with Gasteiger partial charge in [-0.15, -0.1) is 0 Å². The van der Waals surface area contributed by atoms with E-state index in [1.807, 2.05) is 0 Å². The molecule has 17 heavy (non-hydrogen) atoms. The van der Waals surface area contributed by atoms with Crippen LogP contribution in [-0.4, -0.2) is 10.4 Å². The van der Waals surface area contributed by atoms with E-state index in [2.05, 4.69) is 70.7 Å². The Morgan fingerprint density at radius 2 is 1.59 bits per heavy atom. The Morgan fingerprint density at radius 1 is 1.00 bits per heavy atom. The third kappa shape index (κ3) is 2.26. The highest BCUT2D eigenvalue weighted by Crippen LogP contribution is 2.47. The molecule has 1 heterocycles. The summed E-state index contributed by atoms with van der Waals surface area (Å²) in [5.41, 5.74) is 3.52. The van der Waals surface area contributed by atoms with E-state index in [0.29, 0.717) is 6.04 Å². The first kappa shape index (κ1) is 12.6. The Hall–Kier alpha value is -0.820. The van der Waals surface area contributed by atoms with E-state index in [0.717, 1.165) is 6.54 Å². The number of hydrogen-bond donors (Lipinski definition) is 0. The summed E-state index contributed by atoms with van der Waals surface area (Å²) < 4.78 is 0. The summed E-state index contributed by atoms with van der Waals surface area (Å²) in [5, 5.41) is 0. The summed E-state index contributed by atoms with van der Waals surface area (Å²) in [6.07, 6.45) is 0. The summed E-state index contributed by atoms with van der Waals surface area (Å²) in [6, 6.07) is 9.43. The fourth-order valence-corrected chi connectivity index (χ4v) is 2.95. The topological polar surface area (TPSA) is 3.24 Å². The summed E-state index contributed by atoms with van der Waals surface area (Å²) in [6.45, 7) is 15.1. The van der Waals surface area contributed by atoms with Crippen LogP contribution in [0.15, 0.2) is 24.3 Å². The van der Waals surface area contributed by atoms with Crippen molar-refractivity contribution in [3.8, 4) is 0 Å². The molecule has 0 bridgehead atoms. The van der Waals surface area contributed by atoms with Crippen LogP contribution in [-0.2, 0) is 6.54 Å². The number of rotatable bonds is 0. The van der Waals surface area contributed by atoms with E-state index in [1.165, 1.54) is 11.1 Å². The van der Waals surface area contributed by atoms with Gasteiger partial charge in [0, 0.05) is 18.1 Å². The minimum absolute atomic E-state index is 0.219. The standard InChI is InChI=1S/C16H25N/c1-15(2,3)14-13-10-8-7-9-12(13)11-17(14)16(4,5)6/h7-10,14H,11H2,1-6H3/t14-/m0/s1. The van der Waals surface area contributed by atoms with Crippen molar-refractivity contribution in [1.29, 1.82) is 0 Å². The number of benzene rings is 1. The Balaban J connectivity index is 2.48. The summed E-state index contributed by atoms with van der Waals surface area (Å²) in [4.78, 5) is 2.64. The highest BCUT2D eigenvalue weighted by molar-refractivity contribution is 5.35. The van der Waals surface area contributed by atoms with Gasteiger partial charge in [-0.3, -0.25) is 4.90 Å². The van der Waals surface area contributed by atoms with Crippen LogP contribution in [0, 0.1) is 5.41 Å². The van der Waals surface area contributed by atoms with Crippen molar-refractivity contribution in [2.45, 2.75) is 59.7 Å². The van der Waals surface area contributed by atoms with Crippen LogP contribution >= 0.6 is 0 Å². The average Bonchev–Trinajstić information content (AvgIpc) is 2.54. The second kappa shape index (κ2) is 3.84. The van der Waals surface area contributed by atoms with Crippen LogP contribution in [0.4, 0.5) is 0 Å². The van der Waals surface area contributed by atoms with Crippen molar-refractivity contribution in [3.63, 3.8) is 0 Å². The van der Waals surface area contributed by atoms with Crippen LogP contribution in [0.3, 0.4) is 0 Å². The SMILES string of the molecule is CC(C)(C)[C@@H]1c2ccccc2CN1C(C)(C)C. The Bertz CT molecular complexity index is 406. The highest BCUT2D eigenvalue weighted by atomic mass is 15.2. The van der Waals surface area contributed by atoms with Crippen molar-refractivity contribution < 1.29 is 0 Å².